The van der Waals surface area contributed by atoms with Crippen molar-refractivity contribution in [1.82, 2.24) is 0 Å². The summed E-state index contributed by atoms with van der Waals surface area (Å²) in [4.78, 5) is 4.46. The Bertz CT molecular complexity index is 321. The van der Waals surface area contributed by atoms with Gasteiger partial charge in [0.05, 0.1) is 12.1 Å². The van der Waals surface area contributed by atoms with Crippen LogP contribution in [0.4, 0.5) is 0 Å². The molecule has 0 heterocycles. The van der Waals surface area contributed by atoms with Crippen molar-refractivity contribution in [3.05, 3.63) is 35.9 Å². The Kier molecular flexibility index (Phi) is 3.51. The first-order valence-electron chi connectivity index (χ1n) is 5.62. The average molecular weight is 203 g/mol. The van der Waals surface area contributed by atoms with Crippen molar-refractivity contribution in [2.45, 2.75) is 37.8 Å². The summed E-state index contributed by atoms with van der Waals surface area (Å²) in [6, 6.07) is 10.2. The first-order valence-corrected chi connectivity index (χ1v) is 5.62. The molecule has 2 atom stereocenters. The van der Waals surface area contributed by atoms with Gasteiger partial charge in [-0.15, -0.1) is 0 Å². The molecule has 1 aliphatic carbocycles. The van der Waals surface area contributed by atoms with Crippen LogP contribution in [0.1, 0.15) is 31.2 Å². The maximum absolute atomic E-state index is 9.73. The third kappa shape index (κ3) is 2.90. The van der Waals surface area contributed by atoms with Gasteiger partial charge in [0.25, 0.3) is 0 Å². The van der Waals surface area contributed by atoms with Crippen LogP contribution in [-0.4, -0.2) is 23.5 Å². The lowest BCUT2D eigenvalue weighted by atomic mass is 9.93. The third-order valence-electron chi connectivity index (χ3n) is 2.91. The number of aliphatic hydroxyl groups excluding tert-OH is 1. The Morgan fingerprint density at radius 3 is 2.60 bits per heavy atom. The van der Waals surface area contributed by atoms with Crippen LogP contribution in [0.5, 0.6) is 0 Å². The first kappa shape index (κ1) is 10.4. The van der Waals surface area contributed by atoms with Crippen molar-refractivity contribution in [3.8, 4) is 0 Å². The highest BCUT2D eigenvalue weighted by molar-refractivity contribution is 5.79. The zero-order valence-corrected chi connectivity index (χ0v) is 8.84. The van der Waals surface area contributed by atoms with E-state index >= 15 is 0 Å². The van der Waals surface area contributed by atoms with Crippen LogP contribution in [0.3, 0.4) is 0 Å². The molecule has 0 radical (unpaired) electrons. The Morgan fingerprint density at radius 2 is 1.87 bits per heavy atom. The molecule has 1 aromatic rings. The van der Waals surface area contributed by atoms with Crippen molar-refractivity contribution in [2.75, 3.05) is 0 Å². The molecule has 2 heteroatoms. The lowest BCUT2D eigenvalue weighted by molar-refractivity contribution is 0.110. The van der Waals surface area contributed by atoms with Gasteiger partial charge >= 0.3 is 0 Å². The molecule has 0 bridgehead atoms. The van der Waals surface area contributed by atoms with E-state index in [1.54, 1.807) is 0 Å². The van der Waals surface area contributed by atoms with Gasteiger partial charge < -0.3 is 5.11 Å². The summed E-state index contributed by atoms with van der Waals surface area (Å²) in [5.41, 5.74) is 1.11. The normalized spacial score (nSPS) is 27.0. The van der Waals surface area contributed by atoms with Gasteiger partial charge in [0.1, 0.15) is 0 Å². The average Bonchev–Trinajstić information content (AvgIpc) is 2.29. The molecular weight excluding hydrogens is 186 g/mol. The summed E-state index contributed by atoms with van der Waals surface area (Å²) >= 11 is 0. The van der Waals surface area contributed by atoms with Crippen LogP contribution in [0.2, 0.25) is 0 Å². The Labute approximate surface area is 90.7 Å². The third-order valence-corrected chi connectivity index (χ3v) is 2.91. The second-order valence-corrected chi connectivity index (χ2v) is 4.11. The number of nitrogens with zero attached hydrogens (tertiary/aromatic N) is 1. The summed E-state index contributed by atoms with van der Waals surface area (Å²) in [7, 11) is 0. The second-order valence-electron chi connectivity index (χ2n) is 4.11. The van der Waals surface area contributed by atoms with Crippen molar-refractivity contribution in [1.29, 1.82) is 0 Å². The molecule has 1 fully saturated rings. The topological polar surface area (TPSA) is 32.6 Å². The standard InChI is InChI=1S/C13H17NO/c15-13-9-5-4-8-12(13)14-10-11-6-2-1-3-7-11/h1-3,6-7,10,12-13,15H,4-5,8-9H2. The zero-order valence-electron chi connectivity index (χ0n) is 8.84. The zero-order chi connectivity index (χ0) is 10.5. The number of aliphatic hydroxyl groups is 1. The fourth-order valence-corrected chi connectivity index (χ4v) is 1.99. The Balaban J connectivity index is 1.98. The maximum atomic E-state index is 9.73. The van der Waals surface area contributed by atoms with E-state index in [9.17, 15) is 5.11 Å². The van der Waals surface area contributed by atoms with Crippen LogP contribution in [-0.2, 0) is 0 Å². The van der Waals surface area contributed by atoms with Gasteiger partial charge in [0.2, 0.25) is 0 Å². The summed E-state index contributed by atoms with van der Waals surface area (Å²) < 4.78 is 0. The second kappa shape index (κ2) is 5.08. The molecule has 15 heavy (non-hydrogen) atoms. The van der Waals surface area contributed by atoms with Gasteiger partial charge in [-0.05, 0) is 18.4 Å². The van der Waals surface area contributed by atoms with E-state index in [2.05, 4.69) is 4.99 Å². The molecule has 1 N–H and O–H groups in total. The van der Waals surface area contributed by atoms with E-state index in [1.165, 1.54) is 6.42 Å². The number of hydrogen-bond acceptors (Lipinski definition) is 2. The summed E-state index contributed by atoms with van der Waals surface area (Å²) in [6.45, 7) is 0. The van der Waals surface area contributed by atoms with Gasteiger partial charge in [-0.2, -0.15) is 0 Å². The number of rotatable bonds is 2. The fourth-order valence-electron chi connectivity index (χ4n) is 1.99. The van der Waals surface area contributed by atoms with E-state index < -0.39 is 0 Å². The minimum atomic E-state index is -0.237. The van der Waals surface area contributed by atoms with Crippen LogP contribution < -0.4 is 0 Å². The Hall–Kier alpha value is -1.15. The van der Waals surface area contributed by atoms with Crippen molar-refractivity contribution >= 4 is 6.21 Å². The van der Waals surface area contributed by atoms with Crippen molar-refractivity contribution < 1.29 is 5.11 Å². The molecule has 1 aliphatic rings. The van der Waals surface area contributed by atoms with E-state index in [0.29, 0.717) is 0 Å². The predicted molar refractivity (Wildman–Crippen MR) is 62.3 cm³/mol. The van der Waals surface area contributed by atoms with Crippen LogP contribution in [0.25, 0.3) is 0 Å². The molecule has 0 aromatic heterocycles. The molecule has 2 unspecified atom stereocenters. The van der Waals surface area contributed by atoms with E-state index in [-0.39, 0.29) is 12.1 Å². The molecule has 1 aromatic carbocycles. The van der Waals surface area contributed by atoms with Gasteiger partial charge in [-0.25, -0.2) is 0 Å². The molecule has 80 valence electrons. The highest BCUT2D eigenvalue weighted by Crippen LogP contribution is 2.20. The van der Waals surface area contributed by atoms with Crippen molar-refractivity contribution in [3.63, 3.8) is 0 Å². The largest absolute Gasteiger partial charge is 0.391 e. The molecule has 0 aliphatic heterocycles. The number of aliphatic imine (C=N–C) groups is 1. The van der Waals surface area contributed by atoms with Crippen LogP contribution >= 0.6 is 0 Å². The molecular formula is C13H17NO. The number of hydrogen-bond donors (Lipinski definition) is 1. The smallest absolute Gasteiger partial charge is 0.0763 e. The molecule has 1 saturated carbocycles. The lowest BCUT2D eigenvalue weighted by Gasteiger charge is -2.23. The Morgan fingerprint density at radius 1 is 1.13 bits per heavy atom. The van der Waals surface area contributed by atoms with E-state index in [1.807, 2.05) is 36.5 Å². The lowest BCUT2D eigenvalue weighted by Crippen LogP contribution is -2.28. The van der Waals surface area contributed by atoms with Gasteiger partial charge in [-0.1, -0.05) is 43.2 Å². The minimum absolute atomic E-state index is 0.110. The minimum Gasteiger partial charge on any atom is -0.391 e. The summed E-state index contributed by atoms with van der Waals surface area (Å²) in [5, 5.41) is 9.73. The van der Waals surface area contributed by atoms with Gasteiger partial charge in [-0.3, -0.25) is 4.99 Å². The number of benzene rings is 1. The SMILES string of the molecule is OC1CCCCC1N=Cc1ccccc1. The molecule has 2 nitrogen and oxygen atoms in total. The van der Waals surface area contributed by atoms with Gasteiger partial charge in [0, 0.05) is 6.21 Å². The molecule has 2 rings (SSSR count). The highest BCUT2D eigenvalue weighted by atomic mass is 16.3. The van der Waals surface area contributed by atoms with Crippen LogP contribution in [0.15, 0.2) is 35.3 Å². The summed E-state index contributed by atoms with van der Waals surface area (Å²) in [6.07, 6.45) is 5.88. The molecule has 0 spiro atoms. The quantitative estimate of drug-likeness (QED) is 0.735. The van der Waals surface area contributed by atoms with E-state index in [0.717, 1.165) is 24.8 Å². The first-order chi connectivity index (χ1) is 7.36. The van der Waals surface area contributed by atoms with Gasteiger partial charge in [0.15, 0.2) is 0 Å². The van der Waals surface area contributed by atoms with Crippen molar-refractivity contribution in [2.24, 2.45) is 4.99 Å². The fraction of sp³-hybridized carbons (Fsp3) is 0.462. The molecule has 0 amide bonds. The summed E-state index contributed by atoms with van der Waals surface area (Å²) in [5.74, 6) is 0. The highest BCUT2D eigenvalue weighted by Gasteiger charge is 2.21. The predicted octanol–water partition coefficient (Wildman–Crippen LogP) is 2.41. The molecule has 0 saturated heterocycles. The monoisotopic (exact) mass is 203 g/mol. The van der Waals surface area contributed by atoms with E-state index in [4.69, 9.17) is 0 Å². The maximum Gasteiger partial charge on any atom is 0.0763 e. The van der Waals surface area contributed by atoms with Crippen LogP contribution in [0, 0.1) is 0 Å².